The smallest absolute Gasteiger partial charge is 0.251 e. The number of methoxy groups -OCH3 is 1. The summed E-state index contributed by atoms with van der Waals surface area (Å²) in [5.74, 6) is 0.305. The lowest BCUT2D eigenvalue weighted by molar-refractivity contribution is 0.0950. The molecule has 2 aromatic carbocycles. The highest BCUT2D eigenvalue weighted by Gasteiger charge is 2.12. The Kier molecular flexibility index (Phi) is 6.16. The number of rotatable bonds is 7. The molecule has 1 unspecified atom stereocenters. The quantitative estimate of drug-likeness (QED) is 0.845. The van der Waals surface area contributed by atoms with Gasteiger partial charge in [-0.1, -0.05) is 49.4 Å². The summed E-state index contributed by atoms with van der Waals surface area (Å²) in [7, 11) is 1.65. The Morgan fingerprint density at radius 2 is 1.91 bits per heavy atom. The van der Waals surface area contributed by atoms with Crippen molar-refractivity contribution in [2.75, 3.05) is 13.7 Å². The second kappa shape index (κ2) is 8.35. The van der Waals surface area contributed by atoms with E-state index in [2.05, 4.69) is 24.4 Å². The molecule has 0 radical (unpaired) electrons. The Labute approximate surface area is 132 Å². The van der Waals surface area contributed by atoms with Crippen LogP contribution in [0.1, 0.15) is 40.7 Å². The Morgan fingerprint density at radius 3 is 2.59 bits per heavy atom. The number of benzene rings is 2. The summed E-state index contributed by atoms with van der Waals surface area (Å²) in [6.45, 7) is 3.31. The molecule has 1 amide bonds. The van der Waals surface area contributed by atoms with Gasteiger partial charge >= 0.3 is 0 Å². The van der Waals surface area contributed by atoms with Crippen LogP contribution in [0.25, 0.3) is 0 Å². The SMILES string of the molecule is CCC(CNC(=O)c1cccc(COC)c1)c1ccccc1. The maximum Gasteiger partial charge on any atom is 0.251 e. The fraction of sp³-hybridized carbons (Fsp3) is 0.316. The minimum absolute atomic E-state index is 0.0349. The lowest BCUT2D eigenvalue weighted by atomic mass is 9.96. The number of amides is 1. The Morgan fingerprint density at radius 1 is 1.14 bits per heavy atom. The summed E-state index contributed by atoms with van der Waals surface area (Å²) >= 11 is 0. The van der Waals surface area contributed by atoms with Crippen molar-refractivity contribution in [3.8, 4) is 0 Å². The Hall–Kier alpha value is -2.13. The van der Waals surface area contributed by atoms with E-state index in [-0.39, 0.29) is 5.91 Å². The van der Waals surface area contributed by atoms with E-state index in [4.69, 9.17) is 4.74 Å². The van der Waals surface area contributed by atoms with E-state index in [0.29, 0.717) is 24.6 Å². The van der Waals surface area contributed by atoms with Crippen LogP contribution < -0.4 is 5.32 Å². The van der Waals surface area contributed by atoms with Gasteiger partial charge in [0.2, 0.25) is 0 Å². The zero-order valence-corrected chi connectivity index (χ0v) is 13.2. The number of carbonyl (C=O) groups excluding carboxylic acids is 1. The normalized spacial score (nSPS) is 11.9. The molecule has 3 heteroatoms. The maximum atomic E-state index is 12.3. The third-order valence-corrected chi connectivity index (χ3v) is 3.77. The van der Waals surface area contributed by atoms with Crippen molar-refractivity contribution < 1.29 is 9.53 Å². The number of nitrogens with one attached hydrogen (secondary N) is 1. The van der Waals surface area contributed by atoms with Gasteiger partial charge in [-0.2, -0.15) is 0 Å². The second-order valence-corrected chi connectivity index (χ2v) is 5.36. The van der Waals surface area contributed by atoms with E-state index in [1.54, 1.807) is 7.11 Å². The summed E-state index contributed by atoms with van der Waals surface area (Å²) in [4.78, 5) is 12.3. The van der Waals surface area contributed by atoms with E-state index in [9.17, 15) is 4.79 Å². The molecular formula is C19H23NO2. The fourth-order valence-electron chi connectivity index (χ4n) is 2.51. The summed E-state index contributed by atoms with van der Waals surface area (Å²) in [5, 5.41) is 3.04. The molecule has 0 aliphatic rings. The third kappa shape index (κ3) is 4.43. The molecule has 1 atom stereocenters. The van der Waals surface area contributed by atoms with Gasteiger partial charge in [-0.3, -0.25) is 4.79 Å². The summed E-state index contributed by atoms with van der Waals surface area (Å²) in [5.41, 5.74) is 2.95. The predicted molar refractivity (Wildman–Crippen MR) is 89.0 cm³/mol. The highest BCUT2D eigenvalue weighted by atomic mass is 16.5. The molecule has 0 bridgehead atoms. The van der Waals surface area contributed by atoms with E-state index in [1.165, 1.54) is 5.56 Å². The van der Waals surface area contributed by atoms with Gasteiger partial charge in [-0.25, -0.2) is 0 Å². The summed E-state index contributed by atoms with van der Waals surface area (Å²) in [6.07, 6.45) is 0.994. The minimum atomic E-state index is -0.0349. The van der Waals surface area contributed by atoms with Gasteiger partial charge in [0.15, 0.2) is 0 Å². The highest BCUT2D eigenvalue weighted by Crippen LogP contribution is 2.18. The van der Waals surface area contributed by atoms with Crippen molar-refractivity contribution in [1.29, 1.82) is 0 Å². The minimum Gasteiger partial charge on any atom is -0.380 e. The van der Waals surface area contributed by atoms with Crippen LogP contribution in [-0.4, -0.2) is 19.6 Å². The zero-order chi connectivity index (χ0) is 15.8. The van der Waals surface area contributed by atoms with Crippen molar-refractivity contribution in [1.82, 2.24) is 5.32 Å². The molecule has 3 nitrogen and oxygen atoms in total. The molecule has 0 aromatic heterocycles. The first-order valence-electron chi connectivity index (χ1n) is 7.65. The van der Waals surface area contributed by atoms with Crippen molar-refractivity contribution in [3.63, 3.8) is 0 Å². The fourth-order valence-corrected chi connectivity index (χ4v) is 2.51. The van der Waals surface area contributed by atoms with Crippen molar-refractivity contribution in [2.24, 2.45) is 0 Å². The average molecular weight is 297 g/mol. The van der Waals surface area contributed by atoms with E-state index >= 15 is 0 Å². The average Bonchev–Trinajstić information content (AvgIpc) is 2.57. The molecule has 0 fully saturated rings. The van der Waals surface area contributed by atoms with Gasteiger partial charge in [0, 0.05) is 25.1 Å². The van der Waals surface area contributed by atoms with Crippen LogP contribution in [0, 0.1) is 0 Å². The van der Waals surface area contributed by atoms with Crippen LogP contribution in [0.3, 0.4) is 0 Å². The topological polar surface area (TPSA) is 38.3 Å². The zero-order valence-electron chi connectivity index (χ0n) is 13.2. The van der Waals surface area contributed by atoms with Crippen molar-refractivity contribution >= 4 is 5.91 Å². The summed E-state index contributed by atoms with van der Waals surface area (Å²) < 4.78 is 5.10. The summed E-state index contributed by atoms with van der Waals surface area (Å²) in [6, 6.07) is 17.9. The molecule has 0 saturated carbocycles. The molecule has 0 spiro atoms. The predicted octanol–water partition coefficient (Wildman–Crippen LogP) is 3.76. The van der Waals surface area contributed by atoms with E-state index in [1.807, 2.05) is 42.5 Å². The van der Waals surface area contributed by atoms with Gasteiger partial charge in [0.05, 0.1) is 6.61 Å². The molecule has 0 saturated heterocycles. The van der Waals surface area contributed by atoms with Crippen LogP contribution in [0.5, 0.6) is 0 Å². The van der Waals surface area contributed by atoms with Crippen LogP contribution in [0.15, 0.2) is 54.6 Å². The molecule has 0 aliphatic carbocycles. The van der Waals surface area contributed by atoms with Crippen molar-refractivity contribution in [2.45, 2.75) is 25.9 Å². The second-order valence-electron chi connectivity index (χ2n) is 5.36. The van der Waals surface area contributed by atoms with Gasteiger partial charge in [0.1, 0.15) is 0 Å². The Bertz CT molecular complexity index is 595. The van der Waals surface area contributed by atoms with Crippen LogP contribution >= 0.6 is 0 Å². The Balaban J connectivity index is 1.98. The van der Waals surface area contributed by atoms with Gasteiger partial charge in [0.25, 0.3) is 5.91 Å². The van der Waals surface area contributed by atoms with E-state index < -0.39 is 0 Å². The van der Waals surface area contributed by atoms with Crippen LogP contribution in [0.2, 0.25) is 0 Å². The first-order valence-corrected chi connectivity index (χ1v) is 7.65. The molecule has 0 aliphatic heterocycles. The largest absolute Gasteiger partial charge is 0.380 e. The molecule has 1 N–H and O–H groups in total. The molecule has 0 heterocycles. The van der Waals surface area contributed by atoms with Gasteiger partial charge in [-0.05, 0) is 29.7 Å². The standard InChI is InChI=1S/C19H23NO2/c1-3-16(17-9-5-4-6-10-17)13-20-19(21)18-11-7-8-15(12-18)14-22-2/h4-12,16H,3,13-14H2,1-2H3,(H,20,21). The number of hydrogen-bond donors (Lipinski definition) is 1. The number of hydrogen-bond acceptors (Lipinski definition) is 2. The van der Waals surface area contributed by atoms with Gasteiger partial charge in [-0.15, -0.1) is 0 Å². The first-order chi connectivity index (χ1) is 10.7. The van der Waals surface area contributed by atoms with Crippen LogP contribution in [-0.2, 0) is 11.3 Å². The number of ether oxygens (including phenoxy) is 1. The highest BCUT2D eigenvalue weighted by molar-refractivity contribution is 5.94. The van der Waals surface area contributed by atoms with Crippen molar-refractivity contribution in [3.05, 3.63) is 71.3 Å². The molecule has 116 valence electrons. The number of carbonyl (C=O) groups is 1. The third-order valence-electron chi connectivity index (χ3n) is 3.77. The lowest BCUT2D eigenvalue weighted by Gasteiger charge is -2.16. The lowest BCUT2D eigenvalue weighted by Crippen LogP contribution is -2.28. The van der Waals surface area contributed by atoms with Crippen LogP contribution in [0.4, 0.5) is 0 Å². The monoisotopic (exact) mass is 297 g/mol. The molecule has 2 aromatic rings. The molecule has 22 heavy (non-hydrogen) atoms. The van der Waals surface area contributed by atoms with Gasteiger partial charge < -0.3 is 10.1 Å². The first kappa shape index (κ1) is 16.2. The molecule has 2 rings (SSSR count). The van der Waals surface area contributed by atoms with E-state index in [0.717, 1.165) is 12.0 Å². The molecular weight excluding hydrogens is 274 g/mol. The maximum absolute atomic E-state index is 12.3.